The molecule has 1 saturated heterocycles. The third-order valence-electron chi connectivity index (χ3n) is 5.17. The van der Waals surface area contributed by atoms with E-state index in [2.05, 4.69) is 4.74 Å². The lowest BCUT2D eigenvalue weighted by molar-refractivity contribution is -0.151. The highest BCUT2D eigenvalue weighted by atomic mass is 19.3. The molecule has 150 valence electrons. The van der Waals surface area contributed by atoms with E-state index in [-0.39, 0.29) is 6.10 Å². The van der Waals surface area contributed by atoms with E-state index in [4.69, 9.17) is 4.74 Å². The van der Waals surface area contributed by atoms with Gasteiger partial charge in [-0.05, 0) is 19.3 Å². The maximum Gasteiger partial charge on any atom is 0.333 e. The number of aliphatic hydroxyl groups excluding tert-OH is 1. The zero-order valence-corrected chi connectivity index (χ0v) is 15.5. The quantitative estimate of drug-likeness (QED) is 0.252. The molecule has 0 aromatic carbocycles. The molecule has 1 N–H and O–H groups in total. The Morgan fingerprint density at radius 3 is 1.92 bits per heavy atom. The lowest BCUT2D eigenvalue weighted by Crippen LogP contribution is -2.09. The van der Waals surface area contributed by atoms with Crippen molar-refractivity contribution in [2.75, 3.05) is 0 Å². The molecule has 1 fully saturated rings. The second-order valence-corrected chi connectivity index (χ2v) is 7.41. The summed E-state index contributed by atoms with van der Waals surface area (Å²) in [5.74, 6) is -0.439. The molecule has 6 heteroatoms. The van der Waals surface area contributed by atoms with Crippen LogP contribution < -0.4 is 0 Å². The smallest absolute Gasteiger partial charge is 0.333 e. The van der Waals surface area contributed by atoms with Crippen molar-refractivity contribution in [3.05, 3.63) is 11.6 Å². The molecular weight excluding hydrogens is 342 g/mol. The van der Waals surface area contributed by atoms with E-state index in [0.29, 0.717) is 5.57 Å². The van der Waals surface area contributed by atoms with Crippen LogP contribution in [0.1, 0.15) is 83.5 Å². The molecule has 2 heterocycles. The molecule has 2 rings (SSSR count). The minimum Gasteiger partial charge on any atom is -0.429 e. The van der Waals surface area contributed by atoms with Crippen LogP contribution in [0.4, 0.5) is 8.78 Å². The van der Waals surface area contributed by atoms with Crippen LogP contribution >= 0.6 is 0 Å². The van der Waals surface area contributed by atoms with Gasteiger partial charge < -0.3 is 14.6 Å². The summed E-state index contributed by atoms with van der Waals surface area (Å²) < 4.78 is 34.1. The maximum atomic E-state index is 12.3. The van der Waals surface area contributed by atoms with Gasteiger partial charge in [-0.25, -0.2) is 13.6 Å². The molecule has 0 aromatic heterocycles. The number of esters is 1. The van der Waals surface area contributed by atoms with Crippen molar-refractivity contribution in [3.63, 3.8) is 0 Å². The number of hydrogen-bond acceptors (Lipinski definition) is 4. The van der Waals surface area contributed by atoms with Crippen molar-refractivity contribution in [1.82, 2.24) is 0 Å². The summed E-state index contributed by atoms with van der Waals surface area (Å²) in [5.41, 5.74) is 0.702. The van der Waals surface area contributed by atoms with Crippen LogP contribution in [-0.2, 0) is 14.3 Å². The SMILES string of the molecule is O=C1C=C(CCCCCCCCCCCCCC2OC2C(F)F)C(O)O1. The number of halogens is 2. The van der Waals surface area contributed by atoms with E-state index in [1.54, 1.807) is 0 Å². The minimum atomic E-state index is -2.32. The Morgan fingerprint density at radius 2 is 1.46 bits per heavy atom. The van der Waals surface area contributed by atoms with Gasteiger partial charge in [0.15, 0.2) is 0 Å². The standard InChI is InChI=1S/C20H32F2O4/c21-19(22)18-16(25-18)13-11-9-7-5-3-1-2-4-6-8-10-12-15-14-17(23)26-20(15)24/h14,16,18-20,24H,1-13H2. The molecule has 3 unspecified atom stereocenters. The highest BCUT2D eigenvalue weighted by Crippen LogP contribution is 2.32. The fourth-order valence-corrected chi connectivity index (χ4v) is 3.51. The van der Waals surface area contributed by atoms with E-state index in [1.807, 2.05) is 0 Å². The van der Waals surface area contributed by atoms with Crippen LogP contribution in [0, 0.1) is 0 Å². The Morgan fingerprint density at radius 1 is 0.923 bits per heavy atom. The van der Waals surface area contributed by atoms with Gasteiger partial charge in [-0.3, -0.25) is 0 Å². The number of alkyl halides is 2. The summed E-state index contributed by atoms with van der Waals surface area (Å²) in [7, 11) is 0. The van der Waals surface area contributed by atoms with E-state index < -0.39 is 24.8 Å². The normalized spacial score (nSPS) is 24.8. The van der Waals surface area contributed by atoms with Crippen LogP contribution in [0.2, 0.25) is 0 Å². The summed E-state index contributed by atoms with van der Waals surface area (Å²) in [6.45, 7) is 0. The van der Waals surface area contributed by atoms with Gasteiger partial charge in [0.2, 0.25) is 6.29 Å². The second kappa shape index (κ2) is 11.7. The summed E-state index contributed by atoms with van der Waals surface area (Å²) >= 11 is 0. The van der Waals surface area contributed by atoms with Crippen LogP contribution in [0.25, 0.3) is 0 Å². The van der Waals surface area contributed by atoms with Crippen molar-refractivity contribution in [2.45, 2.75) is 108 Å². The number of epoxide rings is 1. The zero-order valence-electron chi connectivity index (χ0n) is 15.5. The topological polar surface area (TPSA) is 59.1 Å². The van der Waals surface area contributed by atoms with Crippen molar-refractivity contribution >= 4 is 5.97 Å². The Kier molecular flexibility index (Phi) is 9.54. The molecule has 0 spiro atoms. The molecule has 0 amide bonds. The first-order chi connectivity index (χ1) is 12.6. The van der Waals surface area contributed by atoms with E-state index in [9.17, 15) is 18.7 Å². The Bertz CT molecular complexity index is 453. The summed E-state index contributed by atoms with van der Waals surface area (Å²) in [6, 6.07) is 0. The number of hydrogen-bond donors (Lipinski definition) is 1. The van der Waals surface area contributed by atoms with Crippen LogP contribution in [-0.4, -0.2) is 36.0 Å². The van der Waals surface area contributed by atoms with Crippen molar-refractivity contribution < 1.29 is 28.2 Å². The molecule has 2 aliphatic rings. The number of rotatable bonds is 15. The first-order valence-electron chi connectivity index (χ1n) is 10.1. The Balaban J connectivity index is 1.28. The van der Waals surface area contributed by atoms with Gasteiger partial charge in [0.05, 0.1) is 6.10 Å². The summed E-state index contributed by atoms with van der Waals surface area (Å²) in [4.78, 5) is 11.0. The molecule has 2 aliphatic heterocycles. The number of ether oxygens (including phenoxy) is 2. The third kappa shape index (κ3) is 8.12. The predicted molar refractivity (Wildman–Crippen MR) is 94.9 cm³/mol. The van der Waals surface area contributed by atoms with Gasteiger partial charge in [-0.15, -0.1) is 0 Å². The van der Waals surface area contributed by atoms with Crippen LogP contribution in [0.3, 0.4) is 0 Å². The second-order valence-electron chi connectivity index (χ2n) is 7.41. The van der Waals surface area contributed by atoms with Gasteiger partial charge in [-0.2, -0.15) is 0 Å². The van der Waals surface area contributed by atoms with Crippen molar-refractivity contribution in [1.29, 1.82) is 0 Å². The Hall–Kier alpha value is -1.01. The van der Waals surface area contributed by atoms with Crippen molar-refractivity contribution in [2.24, 2.45) is 0 Å². The van der Waals surface area contributed by atoms with Gasteiger partial charge in [0.1, 0.15) is 6.10 Å². The molecule has 0 saturated carbocycles. The largest absolute Gasteiger partial charge is 0.429 e. The van der Waals surface area contributed by atoms with Gasteiger partial charge in [0, 0.05) is 11.6 Å². The fourth-order valence-electron chi connectivity index (χ4n) is 3.51. The average molecular weight is 374 g/mol. The number of carbonyl (C=O) groups excluding carboxylic acids is 1. The third-order valence-corrected chi connectivity index (χ3v) is 5.17. The molecule has 0 aliphatic carbocycles. The minimum absolute atomic E-state index is 0.184. The lowest BCUT2D eigenvalue weighted by atomic mass is 10.0. The van der Waals surface area contributed by atoms with Crippen LogP contribution in [0.15, 0.2) is 11.6 Å². The molecule has 3 atom stereocenters. The van der Waals surface area contributed by atoms with Gasteiger partial charge in [0.25, 0.3) is 6.43 Å². The van der Waals surface area contributed by atoms with Crippen LogP contribution in [0.5, 0.6) is 0 Å². The summed E-state index contributed by atoms with van der Waals surface area (Å²) in [5, 5.41) is 9.45. The first kappa shape index (κ1) is 21.3. The number of cyclic esters (lactones) is 1. The molecule has 0 aromatic rings. The highest BCUT2D eigenvalue weighted by Gasteiger charge is 2.45. The van der Waals surface area contributed by atoms with E-state index in [1.165, 1.54) is 51.0 Å². The maximum absolute atomic E-state index is 12.3. The zero-order chi connectivity index (χ0) is 18.8. The predicted octanol–water partition coefficient (Wildman–Crippen LogP) is 4.89. The average Bonchev–Trinajstić information content (AvgIpc) is 3.30. The van der Waals surface area contributed by atoms with E-state index in [0.717, 1.165) is 38.5 Å². The van der Waals surface area contributed by atoms with Gasteiger partial charge in [-0.1, -0.05) is 64.2 Å². The van der Waals surface area contributed by atoms with Crippen molar-refractivity contribution in [3.8, 4) is 0 Å². The highest BCUT2D eigenvalue weighted by molar-refractivity contribution is 5.85. The number of carbonyl (C=O) groups is 1. The molecular formula is C20H32F2O4. The first-order valence-corrected chi connectivity index (χ1v) is 10.1. The van der Waals surface area contributed by atoms with Gasteiger partial charge >= 0.3 is 5.97 Å². The Labute approximate surface area is 154 Å². The molecule has 0 radical (unpaired) electrons. The number of aliphatic hydroxyl groups is 1. The van der Waals surface area contributed by atoms with E-state index >= 15 is 0 Å². The number of unbranched alkanes of at least 4 members (excludes halogenated alkanes) is 10. The molecule has 4 nitrogen and oxygen atoms in total. The molecule has 26 heavy (non-hydrogen) atoms. The lowest BCUT2D eigenvalue weighted by Gasteiger charge is -2.07. The summed E-state index contributed by atoms with van der Waals surface area (Å²) in [6.07, 6.45) is 11.4. The fraction of sp³-hybridized carbons (Fsp3) is 0.850. The monoisotopic (exact) mass is 374 g/mol. The molecule has 0 bridgehead atoms.